The van der Waals surface area contributed by atoms with Gasteiger partial charge < -0.3 is 15.8 Å². The highest BCUT2D eigenvalue weighted by molar-refractivity contribution is 5.84. The number of ether oxygens (including phenoxy) is 1. The molecule has 4 nitrogen and oxygen atoms in total. The molecule has 1 saturated carbocycles. The van der Waals surface area contributed by atoms with Gasteiger partial charge in [0.1, 0.15) is 5.54 Å². The number of carbonyl (C=O) groups is 1. The van der Waals surface area contributed by atoms with E-state index in [1.807, 2.05) is 6.92 Å². The summed E-state index contributed by atoms with van der Waals surface area (Å²) in [6.45, 7) is 7.17. The van der Waals surface area contributed by atoms with Gasteiger partial charge in [0.05, 0.1) is 12.2 Å². The van der Waals surface area contributed by atoms with E-state index < -0.39 is 5.54 Å². The number of hydrogen-bond donors (Lipinski definition) is 2. The Labute approximate surface area is 130 Å². The highest BCUT2D eigenvalue weighted by Crippen LogP contribution is 2.31. The van der Waals surface area contributed by atoms with Crippen LogP contribution < -0.4 is 11.1 Å². The highest BCUT2D eigenvalue weighted by Gasteiger charge is 2.41. The maximum Gasteiger partial charge on any atom is 0.237 e. The summed E-state index contributed by atoms with van der Waals surface area (Å²) < 4.78 is 6.18. The molecule has 1 rings (SSSR count). The van der Waals surface area contributed by atoms with Crippen molar-refractivity contribution in [3.63, 3.8) is 0 Å². The predicted octanol–water partition coefficient (Wildman–Crippen LogP) is 3.14. The van der Waals surface area contributed by atoms with E-state index in [-0.39, 0.29) is 18.1 Å². The van der Waals surface area contributed by atoms with Crippen LogP contribution in [-0.2, 0) is 9.53 Å². The van der Waals surface area contributed by atoms with E-state index in [1.165, 1.54) is 25.7 Å². The Hall–Kier alpha value is -0.610. The smallest absolute Gasteiger partial charge is 0.237 e. The van der Waals surface area contributed by atoms with Gasteiger partial charge in [0.15, 0.2) is 0 Å². The lowest BCUT2D eigenvalue weighted by atomic mass is 9.79. The summed E-state index contributed by atoms with van der Waals surface area (Å²) in [7, 11) is 0. The van der Waals surface area contributed by atoms with Crippen LogP contribution in [0.4, 0.5) is 0 Å². The third-order valence-corrected chi connectivity index (χ3v) is 4.58. The number of nitrogens with one attached hydrogen (secondary N) is 1. The van der Waals surface area contributed by atoms with Crippen molar-refractivity contribution in [1.29, 1.82) is 0 Å². The Morgan fingerprint density at radius 1 is 1.38 bits per heavy atom. The van der Waals surface area contributed by atoms with Crippen molar-refractivity contribution in [3.05, 3.63) is 0 Å². The Morgan fingerprint density at radius 3 is 2.76 bits per heavy atom. The summed E-state index contributed by atoms with van der Waals surface area (Å²) in [6.07, 6.45) is 10.2. The van der Waals surface area contributed by atoms with E-state index in [1.54, 1.807) is 0 Å². The molecule has 0 heterocycles. The first-order chi connectivity index (χ1) is 10.0. The lowest BCUT2D eigenvalue weighted by molar-refractivity contribution is -0.129. The zero-order valence-electron chi connectivity index (χ0n) is 14.1. The van der Waals surface area contributed by atoms with E-state index in [4.69, 9.17) is 10.5 Å². The van der Waals surface area contributed by atoms with E-state index in [9.17, 15) is 4.79 Å². The van der Waals surface area contributed by atoms with E-state index in [0.717, 1.165) is 38.6 Å². The van der Waals surface area contributed by atoms with Gasteiger partial charge in [0.2, 0.25) is 5.91 Å². The molecule has 0 aliphatic heterocycles. The number of hydrogen-bond acceptors (Lipinski definition) is 3. The van der Waals surface area contributed by atoms with E-state index in [2.05, 4.69) is 19.2 Å². The minimum absolute atomic E-state index is 0.159. The average Bonchev–Trinajstić information content (AvgIpc) is 2.44. The molecule has 0 radical (unpaired) electrons. The average molecular weight is 298 g/mol. The lowest BCUT2D eigenvalue weighted by Crippen LogP contribution is -2.59. The second-order valence-electron chi connectivity index (χ2n) is 6.49. The largest absolute Gasteiger partial charge is 0.375 e. The SMILES string of the molecule is CCCCCCC(C)OC1CCCC(NCC)(C(N)=O)C1. The summed E-state index contributed by atoms with van der Waals surface area (Å²) in [5.41, 5.74) is 5.08. The van der Waals surface area contributed by atoms with Crippen LogP contribution in [0.25, 0.3) is 0 Å². The molecular weight excluding hydrogens is 264 g/mol. The molecule has 1 fully saturated rings. The van der Waals surface area contributed by atoms with Crippen LogP contribution in [-0.4, -0.2) is 30.2 Å². The highest BCUT2D eigenvalue weighted by atomic mass is 16.5. The maximum atomic E-state index is 11.8. The fourth-order valence-electron chi connectivity index (χ4n) is 3.41. The summed E-state index contributed by atoms with van der Waals surface area (Å²) in [5, 5.41) is 3.31. The van der Waals surface area contributed by atoms with Crippen LogP contribution >= 0.6 is 0 Å². The maximum absolute atomic E-state index is 11.8. The molecule has 4 heteroatoms. The van der Waals surface area contributed by atoms with Crippen LogP contribution in [0.5, 0.6) is 0 Å². The van der Waals surface area contributed by atoms with Crippen LogP contribution in [0.1, 0.15) is 78.6 Å². The molecule has 0 aromatic carbocycles. The third kappa shape index (κ3) is 5.95. The number of carbonyl (C=O) groups excluding carboxylic acids is 1. The van der Waals surface area contributed by atoms with Crippen LogP contribution in [0.15, 0.2) is 0 Å². The van der Waals surface area contributed by atoms with Crippen molar-refractivity contribution in [2.24, 2.45) is 5.73 Å². The monoisotopic (exact) mass is 298 g/mol. The molecule has 1 amide bonds. The van der Waals surface area contributed by atoms with Gasteiger partial charge >= 0.3 is 0 Å². The first-order valence-corrected chi connectivity index (χ1v) is 8.74. The zero-order valence-corrected chi connectivity index (χ0v) is 14.1. The van der Waals surface area contributed by atoms with Gasteiger partial charge in [-0.2, -0.15) is 0 Å². The summed E-state index contributed by atoms with van der Waals surface area (Å²) >= 11 is 0. The standard InChI is InChI=1S/C17H34N2O2/c1-4-6-7-8-10-14(3)21-15-11-9-12-17(13-15,16(18)20)19-5-2/h14-15,19H,4-13H2,1-3H3,(H2,18,20). The third-order valence-electron chi connectivity index (χ3n) is 4.58. The Kier molecular flexibility index (Phi) is 8.27. The van der Waals surface area contributed by atoms with Crippen molar-refractivity contribution >= 4 is 5.91 Å². The number of unbranched alkanes of at least 4 members (excludes halogenated alkanes) is 3. The molecule has 124 valence electrons. The number of nitrogens with two attached hydrogens (primary N) is 1. The minimum atomic E-state index is -0.556. The molecule has 3 unspecified atom stereocenters. The Bertz CT molecular complexity index is 305. The van der Waals surface area contributed by atoms with Crippen molar-refractivity contribution in [2.45, 2.75) is 96.3 Å². The molecule has 0 aromatic heterocycles. The topological polar surface area (TPSA) is 64.3 Å². The summed E-state index contributed by atoms with van der Waals surface area (Å²) in [6, 6.07) is 0. The van der Waals surface area contributed by atoms with E-state index >= 15 is 0 Å². The van der Waals surface area contributed by atoms with E-state index in [0.29, 0.717) is 0 Å². The fourth-order valence-corrected chi connectivity index (χ4v) is 3.41. The van der Waals surface area contributed by atoms with Gasteiger partial charge in [-0.3, -0.25) is 4.79 Å². The van der Waals surface area contributed by atoms with Crippen molar-refractivity contribution < 1.29 is 9.53 Å². The van der Waals surface area contributed by atoms with Crippen LogP contribution in [0.3, 0.4) is 0 Å². The van der Waals surface area contributed by atoms with Crippen molar-refractivity contribution in [3.8, 4) is 0 Å². The van der Waals surface area contributed by atoms with Gasteiger partial charge in [0.25, 0.3) is 0 Å². The van der Waals surface area contributed by atoms with Gasteiger partial charge in [-0.05, 0) is 39.2 Å². The molecule has 1 aliphatic rings. The summed E-state index contributed by atoms with van der Waals surface area (Å²) in [4.78, 5) is 11.8. The van der Waals surface area contributed by atoms with Gasteiger partial charge in [-0.15, -0.1) is 0 Å². The molecular formula is C17H34N2O2. The van der Waals surface area contributed by atoms with Crippen LogP contribution in [0, 0.1) is 0 Å². The number of rotatable bonds is 10. The first-order valence-electron chi connectivity index (χ1n) is 8.74. The van der Waals surface area contributed by atoms with Crippen molar-refractivity contribution in [1.82, 2.24) is 5.32 Å². The normalized spacial score (nSPS) is 27.5. The second-order valence-corrected chi connectivity index (χ2v) is 6.49. The second kappa shape index (κ2) is 9.42. The van der Waals surface area contributed by atoms with Crippen molar-refractivity contribution in [2.75, 3.05) is 6.54 Å². The van der Waals surface area contributed by atoms with Gasteiger partial charge in [0, 0.05) is 6.42 Å². The van der Waals surface area contributed by atoms with Crippen LogP contribution in [0.2, 0.25) is 0 Å². The van der Waals surface area contributed by atoms with Gasteiger partial charge in [-0.1, -0.05) is 39.5 Å². The lowest BCUT2D eigenvalue weighted by Gasteiger charge is -2.39. The zero-order chi connectivity index (χ0) is 15.7. The first kappa shape index (κ1) is 18.4. The Morgan fingerprint density at radius 2 is 2.14 bits per heavy atom. The quantitative estimate of drug-likeness (QED) is 0.609. The number of likely N-dealkylation sites (N-methyl/N-ethyl adjacent to an activating group) is 1. The molecule has 1 aliphatic carbocycles. The van der Waals surface area contributed by atoms with Gasteiger partial charge in [-0.25, -0.2) is 0 Å². The molecule has 0 spiro atoms. The molecule has 0 saturated heterocycles. The Balaban J connectivity index is 2.42. The molecule has 0 aromatic rings. The molecule has 3 atom stereocenters. The number of amides is 1. The molecule has 21 heavy (non-hydrogen) atoms. The number of primary amides is 1. The minimum Gasteiger partial charge on any atom is -0.375 e. The molecule has 3 N–H and O–H groups in total. The summed E-state index contributed by atoms with van der Waals surface area (Å²) in [5.74, 6) is -0.228. The molecule has 0 bridgehead atoms. The fraction of sp³-hybridized carbons (Fsp3) is 0.941. The predicted molar refractivity (Wildman–Crippen MR) is 87.2 cm³/mol.